The van der Waals surface area contributed by atoms with E-state index in [1.165, 1.54) is 12.1 Å². The van der Waals surface area contributed by atoms with E-state index in [9.17, 15) is 9.18 Å². The van der Waals surface area contributed by atoms with Gasteiger partial charge in [-0.15, -0.1) is 0 Å². The number of nitrogens with two attached hydrogens (primary N) is 1. The van der Waals surface area contributed by atoms with Crippen molar-refractivity contribution in [3.8, 4) is 0 Å². The van der Waals surface area contributed by atoms with Crippen molar-refractivity contribution in [2.45, 2.75) is 12.8 Å². The van der Waals surface area contributed by atoms with Crippen LogP contribution in [0, 0.1) is 0 Å². The molecule has 0 aromatic heterocycles. The minimum atomic E-state index is -0.538. The molecule has 0 amide bonds. The predicted molar refractivity (Wildman–Crippen MR) is 60.4 cm³/mol. The number of benzene rings is 1. The molecule has 82 valence electrons. The lowest BCUT2D eigenvalue weighted by molar-refractivity contribution is 0.0977. The van der Waals surface area contributed by atoms with Gasteiger partial charge in [0.2, 0.25) is 0 Å². The smallest absolute Gasteiger partial charge is 0.166 e. The van der Waals surface area contributed by atoms with Crippen LogP contribution < -0.4 is 5.73 Å². The van der Waals surface area contributed by atoms with Crippen LogP contribution in [0.3, 0.4) is 0 Å². The second-order valence-corrected chi connectivity index (χ2v) is 3.83. The molecule has 0 aliphatic heterocycles. The Labute approximate surface area is 97.2 Å². The summed E-state index contributed by atoms with van der Waals surface area (Å²) in [5.74, 6) is -0.282. The Morgan fingerprint density at radius 2 is 2.07 bits per heavy atom. The van der Waals surface area contributed by atoms with Crippen LogP contribution >= 0.6 is 23.2 Å². The van der Waals surface area contributed by atoms with Crippen LogP contribution in [0.4, 0.5) is 10.1 Å². The van der Waals surface area contributed by atoms with Crippen molar-refractivity contribution in [2.75, 3.05) is 12.4 Å². The zero-order valence-electron chi connectivity index (χ0n) is 7.90. The topological polar surface area (TPSA) is 43.1 Å². The molecule has 0 atom stereocenters. The molecule has 1 aromatic rings. The second kappa shape index (κ2) is 5.33. The molecule has 2 N–H and O–H groups in total. The second-order valence-electron chi connectivity index (χ2n) is 3.04. The van der Waals surface area contributed by atoms with Crippen molar-refractivity contribution < 1.29 is 9.18 Å². The fourth-order valence-corrected chi connectivity index (χ4v) is 1.76. The summed E-state index contributed by atoms with van der Waals surface area (Å²) in [6.07, 6.45) is 0.250. The van der Waals surface area contributed by atoms with E-state index < -0.39 is 6.67 Å². The number of rotatable bonds is 4. The monoisotopic (exact) mass is 249 g/mol. The van der Waals surface area contributed by atoms with E-state index in [1.54, 1.807) is 0 Å². The first-order chi connectivity index (χ1) is 7.07. The molecule has 0 saturated carbocycles. The SMILES string of the molecule is Nc1ccc(Cl)c(C(=O)CCCF)c1Cl. The molecule has 0 radical (unpaired) electrons. The molecule has 0 fully saturated rings. The van der Waals surface area contributed by atoms with E-state index in [0.717, 1.165) is 0 Å². The third-order valence-corrected chi connectivity index (χ3v) is 2.66. The molecular weight excluding hydrogens is 240 g/mol. The van der Waals surface area contributed by atoms with Gasteiger partial charge < -0.3 is 5.73 Å². The highest BCUT2D eigenvalue weighted by atomic mass is 35.5. The minimum Gasteiger partial charge on any atom is -0.398 e. The van der Waals surface area contributed by atoms with Gasteiger partial charge in [0.1, 0.15) is 0 Å². The number of halogens is 3. The third kappa shape index (κ3) is 2.83. The van der Waals surface area contributed by atoms with E-state index in [4.69, 9.17) is 28.9 Å². The molecular formula is C10H10Cl2FNO. The zero-order chi connectivity index (χ0) is 11.4. The van der Waals surface area contributed by atoms with Gasteiger partial charge in [0, 0.05) is 6.42 Å². The molecule has 0 unspecified atom stereocenters. The summed E-state index contributed by atoms with van der Waals surface area (Å²) in [4.78, 5) is 11.6. The maximum atomic E-state index is 11.9. The summed E-state index contributed by atoms with van der Waals surface area (Å²) in [6.45, 7) is -0.538. The Hall–Kier alpha value is -0.800. The molecule has 15 heavy (non-hydrogen) atoms. The van der Waals surface area contributed by atoms with E-state index in [2.05, 4.69) is 0 Å². The van der Waals surface area contributed by atoms with Crippen molar-refractivity contribution in [2.24, 2.45) is 0 Å². The van der Waals surface area contributed by atoms with Crippen molar-refractivity contribution in [3.63, 3.8) is 0 Å². The standard InChI is InChI=1S/C10H10Cl2FNO/c11-6-3-4-7(14)10(12)9(6)8(15)2-1-5-13/h3-4H,1-2,5,14H2. The molecule has 0 saturated heterocycles. The summed E-state index contributed by atoms with van der Waals surface area (Å²) >= 11 is 11.7. The third-order valence-electron chi connectivity index (χ3n) is 1.94. The lowest BCUT2D eigenvalue weighted by Crippen LogP contribution is -2.03. The first-order valence-corrected chi connectivity index (χ1v) is 5.16. The molecule has 0 bridgehead atoms. The van der Waals surface area contributed by atoms with Gasteiger partial charge in [0.05, 0.1) is 28.0 Å². The van der Waals surface area contributed by atoms with E-state index in [1.807, 2.05) is 0 Å². The molecule has 0 aliphatic rings. The average molecular weight is 250 g/mol. The normalized spacial score (nSPS) is 10.3. The predicted octanol–water partition coefficient (Wildman–Crippen LogP) is 3.51. The first-order valence-electron chi connectivity index (χ1n) is 4.40. The number of hydrogen-bond acceptors (Lipinski definition) is 2. The van der Waals surface area contributed by atoms with E-state index >= 15 is 0 Å². The molecule has 1 rings (SSSR count). The van der Waals surface area contributed by atoms with Crippen LogP contribution in [0.5, 0.6) is 0 Å². The number of anilines is 1. The van der Waals surface area contributed by atoms with Crippen molar-refractivity contribution >= 4 is 34.7 Å². The van der Waals surface area contributed by atoms with Crippen molar-refractivity contribution in [3.05, 3.63) is 27.7 Å². The number of carbonyl (C=O) groups excluding carboxylic acids is 1. The van der Waals surface area contributed by atoms with Crippen LogP contribution in [-0.2, 0) is 0 Å². The fourth-order valence-electron chi connectivity index (χ4n) is 1.18. The van der Waals surface area contributed by atoms with Crippen LogP contribution in [0.15, 0.2) is 12.1 Å². The lowest BCUT2D eigenvalue weighted by Gasteiger charge is -2.07. The number of Topliss-reactive ketones (excluding diaryl/α,β-unsaturated/α-hetero) is 1. The quantitative estimate of drug-likeness (QED) is 0.656. The maximum Gasteiger partial charge on any atom is 0.166 e. The number of nitrogen functional groups attached to an aromatic ring is 1. The van der Waals surface area contributed by atoms with Gasteiger partial charge >= 0.3 is 0 Å². The molecule has 0 aliphatic carbocycles. The zero-order valence-corrected chi connectivity index (χ0v) is 9.41. The largest absolute Gasteiger partial charge is 0.398 e. The van der Waals surface area contributed by atoms with Gasteiger partial charge in [0.15, 0.2) is 5.78 Å². The van der Waals surface area contributed by atoms with Crippen LogP contribution in [0.1, 0.15) is 23.2 Å². The van der Waals surface area contributed by atoms with Crippen LogP contribution in [0.2, 0.25) is 10.0 Å². The van der Waals surface area contributed by atoms with Crippen LogP contribution in [0.25, 0.3) is 0 Å². The van der Waals surface area contributed by atoms with Gasteiger partial charge in [-0.05, 0) is 18.6 Å². The highest BCUT2D eigenvalue weighted by molar-refractivity contribution is 6.41. The van der Waals surface area contributed by atoms with Gasteiger partial charge in [-0.2, -0.15) is 0 Å². The Balaban J connectivity index is 3.02. The van der Waals surface area contributed by atoms with Gasteiger partial charge in [-0.1, -0.05) is 23.2 Å². The summed E-state index contributed by atoms with van der Waals surface area (Å²) in [5, 5.41) is 0.393. The van der Waals surface area contributed by atoms with Crippen molar-refractivity contribution in [1.29, 1.82) is 0 Å². The minimum absolute atomic E-state index is 0.0827. The molecule has 2 nitrogen and oxygen atoms in total. The molecule has 0 spiro atoms. The van der Waals surface area contributed by atoms with E-state index in [0.29, 0.717) is 5.69 Å². The molecule has 0 heterocycles. The summed E-state index contributed by atoms with van der Waals surface area (Å²) in [5.41, 5.74) is 6.02. The Morgan fingerprint density at radius 3 is 2.67 bits per heavy atom. The van der Waals surface area contributed by atoms with Gasteiger partial charge in [-0.25, -0.2) is 0 Å². The van der Waals surface area contributed by atoms with Gasteiger partial charge in [-0.3, -0.25) is 9.18 Å². The number of ketones is 1. The number of carbonyl (C=O) groups is 1. The average Bonchev–Trinajstić information content (AvgIpc) is 2.21. The first kappa shape index (κ1) is 12.3. The summed E-state index contributed by atoms with van der Waals surface area (Å²) in [7, 11) is 0. The Morgan fingerprint density at radius 1 is 1.40 bits per heavy atom. The maximum absolute atomic E-state index is 11.9. The van der Waals surface area contributed by atoms with Gasteiger partial charge in [0.25, 0.3) is 0 Å². The number of alkyl halides is 1. The fraction of sp³-hybridized carbons (Fsp3) is 0.300. The highest BCUT2D eigenvalue weighted by Crippen LogP contribution is 2.30. The molecule has 1 aromatic carbocycles. The number of hydrogen-bond donors (Lipinski definition) is 1. The van der Waals surface area contributed by atoms with Crippen LogP contribution in [-0.4, -0.2) is 12.5 Å². The highest BCUT2D eigenvalue weighted by Gasteiger charge is 2.16. The molecule has 5 heteroatoms. The van der Waals surface area contributed by atoms with Crippen molar-refractivity contribution in [1.82, 2.24) is 0 Å². The Kier molecular flexibility index (Phi) is 4.36. The van der Waals surface area contributed by atoms with E-state index in [-0.39, 0.29) is 34.2 Å². The summed E-state index contributed by atoms with van der Waals surface area (Å²) < 4.78 is 11.9. The lowest BCUT2D eigenvalue weighted by atomic mass is 10.1. The summed E-state index contributed by atoms with van der Waals surface area (Å²) in [6, 6.07) is 3.03. The Bertz CT molecular complexity index is 382.